The number of thiazole rings is 1. The smallest absolute Gasteiger partial charge is 0.394 e. The molecule has 5 N–H and O–H groups in total. The average Bonchev–Trinajstić information content (AvgIpc) is 3.53. The van der Waals surface area contributed by atoms with Gasteiger partial charge in [0.25, 0.3) is 11.8 Å². The number of hydrogen-bond donors (Lipinski definition) is 4. The largest absolute Gasteiger partial charge is 0.543 e. The van der Waals surface area contributed by atoms with E-state index in [4.69, 9.17) is 28.1 Å². The van der Waals surface area contributed by atoms with Crippen molar-refractivity contribution in [2.24, 2.45) is 5.16 Å². The van der Waals surface area contributed by atoms with Crippen LogP contribution in [0.4, 0.5) is 5.13 Å². The molecule has 214 valence electrons. The molecule has 1 saturated heterocycles. The molecule has 4 heterocycles. The molecule has 0 spiro atoms. The highest BCUT2D eigenvalue weighted by molar-refractivity contribution is 8.00. The van der Waals surface area contributed by atoms with Crippen molar-refractivity contribution in [2.45, 2.75) is 37.2 Å². The molecule has 0 bridgehead atoms. The zero-order valence-electron chi connectivity index (χ0n) is 20.8. The summed E-state index contributed by atoms with van der Waals surface area (Å²) in [4.78, 5) is 48.3. The monoisotopic (exact) mass is 612 g/mol. The minimum absolute atomic E-state index is 0.0700. The van der Waals surface area contributed by atoms with E-state index >= 15 is 0 Å². The number of rotatable bonds is 7. The number of carboxylic acid groups (broad SMARTS) is 1. The van der Waals surface area contributed by atoms with Crippen molar-refractivity contribution in [1.82, 2.24) is 15.2 Å². The number of carbonyl (C=O) groups excluding carboxylic acids is 3. The van der Waals surface area contributed by atoms with Crippen LogP contribution in [0.25, 0.3) is 0 Å². The topological polar surface area (TPSA) is 229 Å². The van der Waals surface area contributed by atoms with Crippen LogP contribution >= 0.6 is 23.1 Å². The van der Waals surface area contributed by atoms with Crippen LogP contribution in [0, 0.1) is 0 Å². The van der Waals surface area contributed by atoms with Crippen LogP contribution < -0.4 is 20.7 Å². The molecule has 5 rings (SSSR count). The van der Waals surface area contributed by atoms with E-state index in [1.54, 1.807) is 0 Å². The third-order valence-corrected chi connectivity index (χ3v) is 8.36. The van der Waals surface area contributed by atoms with Gasteiger partial charge in [0.2, 0.25) is 0 Å². The SMILES string of the molecule is CO/N=C(/C(=O)N[C@@H]1C(=O)N2C(C(=O)[O-])=C(C[n+]3cccc4c3CCC4)CSC12)c1cnc(N)s1.O=S(=O)(O)O. The molecule has 1 fully saturated rings. The van der Waals surface area contributed by atoms with Crippen LogP contribution in [-0.4, -0.2) is 75.2 Å². The average molecular weight is 613 g/mol. The fourth-order valence-corrected chi connectivity index (χ4v) is 6.65. The van der Waals surface area contributed by atoms with Crippen LogP contribution in [0.5, 0.6) is 0 Å². The lowest BCUT2D eigenvalue weighted by Gasteiger charge is -2.50. The quantitative estimate of drug-likeness (QED) is 0.0902. The van der Waals surface area contributed by atoms with Crippen molar-refractivity contribution >= 4 is 62.1 Å². The first-order valence-electron chi connectivity index (χ1n) is 11.6. The second-order valence-electron chi connectivity index (χ2n) is 8.70. The van der Waals surface area contributed by atoms with Crippen molar-refractivity contribution in [3.8, 4) is 0 Å². The molecule has 40 heavy (non-hydrogen) atoms. The highest BCUT2D eigenvalue weighted by Crippen LogP contribution is 2.40. The number of aliphatic carboxylic acids is 1. The highest BCUT2D eigenvalue weighted by Gasteiger charge is 2.53. The van der Waals surface area contributed by atoms with E-state index in [-0.39, 0.29) is 16.5 Å². The number of nitrogens with one attached hydrogen (secondary N) is 1. The first-order valence-corrected chi connectivity index (χ1v) is 14.9. The van der Waals surface area contributed by atoms with E-state index in [1.165, 1.54) is 41.2 Å². The van der Waals surface area contributed by atoms with Crippen molar-refractivity contribution < 1.29 is 46.4 Å². The van der Waals surface area contributed by atoms with Gasteiger partial charge in [-0.2, -0.15) is 13.0 Å². The molecule has 1 unspecified atom stereocenters. The van der Waals surface area contributed by atoms with Crippen molar-refractivity contribution in [1.29, 1.82) is 0 Å². The maximum absolute atomic E-state index is 13.0. The van der Waals surface area contributed by atoms with Crippen LogP contribution in [0.2, 0.25) is 0 Å². The summed E-state index contributed by atoms with van der Waals surface area (Å²) in [6.45, 7) is 0.366. The number of oxime groups is 1. The number of thioether (sulfide) groups is 1. The Morgan fingerprint density at radius 1 is 1.38 bits per heavy atom. The van der Waals surface area contributed by atoms with Gasteiger partial charge in [0.15, 0.2) is 29.3 Å². The molecular weight excluding hydrogens is 588 g/mol. The molecule has 2 amide bonds. The Hall–Kier alpha value is -3.58. The zero-order valence-corrected chi connectivity index (χ0v) is 23.3. The fraction of sp³-hybridized carbons (Fsp3) is 0.364. The maximum atomic E-state index is 13.0. The molecule has 1 aliphatic carbocycles. The van der Waals surface area contributed by atoms with Crippen LogP contribution in [0.3, 0.4) is 0 Å². The van der Waals surface area contributed by atoms with Gasteiger partial charge < -0.3 is 25.8 Å². The van der Waals surface area contributed by atoms with Gasteiger partial charge in [-0.3, -0.25) is 23.6 Å². The predicted octanol–water partition coefficient (Wildman–Crippen LogP) is -1.70. The molecular formula is C22H24N6O9S3. The molecule has 0 saturated carbocycles. The number of aryl methyl sites for hydroxylation is 1. The molecule has 0 radical (unpaired) electrons. The molecule has 2 aromatic rings. The molecule has 18 heteroatoms. The van der Waals surface area contributed by atoms with E-state index in [2.05, 4.69) is 26.1 Å². The second kappa shape index (κ2) is 11.9. The van der Waals surface area contributed by atoms with Crippen molar-refractivity contribution in [2.75, 3.05) is 18.6 Å². The van der Waals surface area contributed by atoms with Gasteiger partial charge >= 0.3 is 10.4 Å². The minimum atomic E-state index is -4.67. The van der Waals surface area contributed by atoms with E-state index in [1.807, 2.05) is 12.3 Å². The summed E-state index contributed by atoms with van der Waals surface area (Å²) in [5.41, 5.74) is 8.53. The number of carbonyl (C=O) groups is 3. The number of β-lactam (4-membered cyclic amide) rings is 1. The standard InChI is InChI=1S/C22H22N6O5S2.H2O4S/c1-33-26-15(14-8-24-22(23)35-14)18(29)25-16-19(30)28-17(21(31)32)12(10-34-20(16)28)9-27-7-3-5-11-4-2-6-13(11)27;1-5(2,3)4/h3,5,7-8,16,20H,2,4,6,9-10H2,1H3,(H3-,23,24,25,26,29,31,32);(H2,1,2,3,4)/t16-,20?;/m1./s1. The Morgan fingerprint density at radius 2 is 2.10 bits per heavy atom. The van der Waals surface area contributed by atoms with Crippen molar-refractivity contribution in [3.63, 3.8) is 0 Å². The fourth-order valence-electron chi connectivity index (χ4n) is 4.66. The van der Waals surface area contributed by atoms with Crippen LogP contribution in [-0.2, 0) is 49.0 Å². The third kappa shape index (κ3) is 6.41. The number of nitrogen functional groups attached to an aromatic ring is 1. The molecule has 2 atom stereocenters. The lowest BCUT2D eigenvalue weighted by atomic mass is 10.0. The van der Waals surface area contributed by atoms with Crippen LogP contribution in [0.15, 0.2) is 41.0 Å². The first-order chi connectivity index (χ1) is 18.9. The number of carboxylic acids is 1. The normalized spacial score (nSPS) is 20.1. The number of hydrogen-bond acceptors (Lipinski definition) is 12. The summed E-state index contributed by atoms with van der Waals surface area (Å²) in [6, 6.07) is 3.13. The Morgan fingerprint density at radius 3 is 2.73 bits per heavy atom. The number of pyridine rings is 1. The summed E-state index contributed by atoms with van der Waals surface area (Å²) in [7, 11) is -3.37. The van der Waals surface area contributed by atoms with Gasteiger partial charge in [-0.1, -0.05) is 16.5 Å². The lowest BCUT2D eigenvalue weighted by Crippen LogP contribution is -2.71. The van der Waals surface area contributed by atoms with Gasteiger partial charge in [0.05, 0.1) is 16.5 Å². The molecule has 3 aliphatic rings. The van der Waals surface area contributed by atoms with E-state index < -0.39 is 39.6 Å². The van der Waals surface area contributed by atoms with E-state index in [0.717, 1.165) is 30.6 Å². The number of nitrogens with two attached hydrogens (primary N) is 1. The lowest BCUT2D eigenvalue weighted by molar-refractivity contribution is -0.696. The van der Waals surface area contributed by atoms with Gasteiger partial charge in [0, 0.05) is 35.6 Å². The summed E-state index contributed by atoms with van der Waals surface area (Å²) in [5, 5.41) is 18.2. The predicted molar refractivity (Wildman–Crippen MR) is 140 cm³/mol. The summed E-state index contributed by atoms with van der Waals surface area (Å²) >= 11 is 2.45. The highest BCUT2D eigenvalue weighted by atomic mass is 32.3. The first kappa shape index (κ1) is 29.4. The number of aromatic nitrogens is 2. The number of amides is 2. The summed E-state index contributed by atoms with van der Waals surface area (Å²) < 4.78 is 33.6. The van der Waals surface area contributed by atoms with Gasteiger partial charge in [-0.15, -0.1) is 11.8 Å². The Bertz CT molecular complexity index is 1510. The van der Waals surface area contributed by atoms with E-state index in [9.17, 15) is 19.5 Å². The Balaban J connectivity index is 0.000000681. The van der Waals surface area contributed by atoms with Gasteiger partial charge in [-0.05, 0) is 18.9 Å². The minimum Gasteiger partial charge on any atom is -0.543 e. The Kier molecular flexibility index (Phi) is 8.74. The number of nitrogens with zero attached hydrogens (tertiary/aromatic N) is 4. The van der Waals surface area contributed by atoms with E-state index in [0.29, 0.717) is 22.7 Å². The summed E-state index contributed by atoms with van der Waals surface area (Å²) in [5.74, 6) is -2.17. The second-order valence-corrected chi connectivity index (χ2v) is 11.8. The molecule has 15 nitrogen and oxygen atoms in total. The molecule has 2 aromatic heterocycles. The van der Waals surface area contributed by atoms with Gasteiger partial charge in [-0.25, -0.2) is 4.98 Å². The van der Waals surface area contributed by atoms with Gasteiger partial charge in [0.1, 0.15) is 18.5 Å². The summed E-state index contributed by atoms with van der Waals surface area (Å²) in [6.07, 6.45) is 6.34. The maximum Gasteiger partial charge on any atom is 0.394 e. The number of fused-ring (bicyclic) bond motifs is 2. The van der Waals surface area contributed by atoms with Crippen molar-refractivity contribution in [3.05, 3.63) is 51.9 Å². The number of anilines is 1. The zero-order chi connectivity index (χ0) is 29.2. The van der Waals surface area contributed by atoms with Crippen LogP contribution in [0.1, 0.15) is 22.6 Å². The third-order valence-electron chi connectivity index (χ3n) is 6.18. The Labute approximate surface area is 236 Å². The molecule has 0 aromatic carbocycles. The molecule has 2 aliphatic heterocycles.